The first-order valence-electron chi connectivity index (χ1n) is 30.5. The highest BCUT2D eigenvalue weighted by Crippen LogP contribution is 2.35. The second kappa shape index (κ2) is 36.6. The first-order chi connectivity index (χ1) is 40.5. The van der Waals surface area contributed by atoms with Crippen LogP contribution in [0.4, 0.5) is 17.6 Å². The fraction of sp³-hybridized carbons (Fsp3) is 0.855. The molecule has 2 N–H and O–H groups in total. The topological polar surface area (TPSA) is 280 Å². The molecule has 26 heteroatoms. The Hall–Kier alpha value is -4.41. The van der Waals surface area contributed by atoms with E-state index in [-0.39, 0.29) is 98.3 Å². The largest absolute Gasteiger partial charge is 0.466 e. The number of aliphatic hydroxyl groups excluding tert-OH is 2. The molecule has 512 valence electrons. The second-order valence-corrected chi connectivity index (χ2v) is 24.7. The van der Waals surface area contributed by atoms with Crippen molar-refractivity contribution in [2.45, 2.75) is 291 Å². The summed E-state index contributed by atoms with van der Waals surface area (Å²) in [6.07, 6.45) is 5.16. The van der Waals surface area contributed by atoms with E-state index in [1.54, 1.807) is 33.8 Å². The number of hydrogen-bond donors (Lipinski definition) is 2. The third-order valence-corrected chi connectivity index (χ3v) is 14.3. The molecule has 8 aliphatic heterocycles. The van der Waals surface area contributed by atoms with Crippen molar-refractivity contribution in [2.75, 3.05) is 39.6 Å². The standard InChI is InChI=1S/C11H20O4.C11H18O4.C7H13FO2.2C7H11FO2.C7H12O2.C6H9FO3.C6H10O3/c2*1-5-13-10(12)8(2)6-9-7-14-11(3,4)15-9;3*1-3-5-4-7(2,8)6(9)10-5;1-3-6-4-5(2)7(8)9-6;1-6(7)2-4(3-8)10-5(6)9;1-6(2)8-4-5(3-7)9-6/h8-9H,5-7H2,1-4H3;6,9H,5,7H2,1-4H3;5-6,9H,3-4H2,1-2H3;2*5H,3-4H2,1-2H3;5-6H,3-4H2,1-2H3;4,8H,2-3H2,1H3;3,5H,4H2,1-2H3/t8?,9-;9-;5?,6?,7-;2*5?,7-;;4?,6-;5-/m00111.10/s1. The fourth-order valence-electron chi connectivity index (χ4n) is 9.09. The smallest absolute Gasteiger partial charge is 0.344 e. The molecule has 22 nitrogen and oxygen atoms in total. The maximum absolute atomic E-state index is 13.1. The summed E-state index contributed by atoms with van der Waals surface area (Å²) in [5.74, 6) is -4.41. The molecule has 0 aromatic rings. The van der Waals surface area contributed by atoms with Gasteiger partial charge in [-0.25, -0.2) is 36.7 Å². The molecule has 8 saturated heterocycles. The number of cyclic esters (lactones) is 4. The molecule has 8 rings (SSSR count). The minimum Gasteiger partial charge on any atom is -0.466 e. The number of ether oxygens (including phenoxy) is 13. The minimum absolute atomic E-state index is 0.000550. The Labute approximate surface area is 517 Å². The van der Waals surface area contributed by atoms with Crippen LogP contribution in [0.5, 0.6) is 0 Å². The first kappa shape index (κ1) is 81.6. The van der Waals surface area contributed by atoms with E-state index >= 15 is 0 Å². The van der Waals surface area contributed by atoms with Gasteiger partial charge in [0, 0.05) is 31.3 Å². The van der Waals surface area contributed by atoms with Crippen molar-refractivity contribution in [1.29, 1.82) is 0 Å². The summed E-state index contributed by atoms with van der Waals surface area (Å²) in [7, 11) is 0. The quantitative estimate of drug-likeness (QED) is 0.0571. The van der Waals surface area contributed by atoms with Gasteiger partial charge in [0.1, 0.15) is 36.6 Å². The van der Waals surface area contributed by atoms with Crippen LogP contribution in [0, 0.1) is 11.8 Å². The Morgan fingerprint density at radius 2 is 1.01 bits per heavy atom. The summed E-state index contributed by atoms with van der Waals surface area (Å²) in [5, 5.41) is 17.4. The molecule has 15 atom stereocenters. The van der Waals surface area contributed by atoms with E-state index in [4.69, 9.17) is 67.1 Å². The van der Waals surface area contributed by atoms with E-state index in [9.17, 15) is 51.1 Å². The van der Waals surface area contributed by atoms with Crippen LogP contribution in [0.1, 0.15) is 196 Å². The lowest BCUT2D eigenvalue weighted by molar-refractivity contribution is -0.153. The van der Waals surface area contributed by atoms with E-state index in [1.165, 1.54) is 20.8 Å². The average Bonchev–Trinajstić information content (AvgIpc) is 4.11. The minimum atomic E-state index is -1.90. The number of rotatable bonds is 13. The van der Waals surface area contributed by atoms with Crippen molar-refractivity contribution in [2.24, 2.45) is 11.8 Å². The Kier molecular flexibility index (Phi) is 33.9. The molecule has 8 aliphatic rings. The summed E-state index contributed by atoms with van der Waals surface area (Å²) in [6, 6.07) is 0. The van der Waals surface area contributed by atoms with Gasteiger partial charge in [-0.05, 0) is 135 Å². The average molecular weight is 1280 g/mol. The zero-order chi connectivity index (χ0) is 67.8. The monoisotopic (exact) mass is 1280 g/mol. The van der Waals surface area contributed by atoms with Crippen LogP contribution in [-0.4, -0.2) is 187 Å². The van der Waals surface area contributed by atoms with Crippen LogP contribution in [0.3, 0.4) is 0 Å². The fourth-order valence-corrected chi connectivity index (χ4v) is 9.09. The number of carbonyl (C=O) groups is 7. The predicted molar refractivity (Wildman–Crippen MR) is 311 cm³/mol. The van der Waals surface area contributed by atoms with Crippen molar-refractivity contribution in [3.8, 4) is 0 Å². The highest BCUT2D eigenvalue weighted by molar-refractivity contribution is 5.87. The van der Waals surface area contributed by atoms with Gasteiger partial charge in [0.15, 0.2) is 35.6 Å². The van der Waals surface area contributed by atoms with Crippen LogP contribution in [-0.2, 0) is 95.1 Å². The van der Waals surface area contributed by atoms with E-state index < -0.39 is 70.3 Å². The van der Waals surface area contributed by atoms with E-state index in [0.29, 0.717) is 64.3 Å². The summed E-state index contributed by atoms with van der Waals surface area (Å²) in [4.78, 5) is 75.4. The predicted octanol–water partition coefficient (Wildman–Crippen LogP) is 9.19. The molecular formula is C62H104F4O22. The summed E-state index contributed by atoms with van der Waals surface area (Å²) in [6.45, 7) is 34.8. The van der Waals surface area contributed by atoms with Crippen LogP contribution >= 0.6 is 0 Å². The Morgan fingerprint density at radius 3 is 1.26 bits per heavy atom. The number of alkyl halides is 4. The molecule has 0 bridgehead atoms. The third-order valence-electron chi connectivity index (χ3n) is 14.3. The normalized spacial score (nSPS) is 34.7. The molecule has 8 heterocycles. The maximum atomic E-state index is 13.1. The molecule has 88 heavy (non-hydrogen) atoms. The van der Waals surface area contributed by atoms with Gasteiger partial charge in [-0.2, -0.15) is 0 Å². The SMILES string of the molecule is CC1(C)OC[C@H](C=O)O1.CCC1CC(C)C(=O)O1.CCC1C[C@@](C)(F)C(=O)O1.CCC1C[C@@](C)(F)C(=O)O1.CCC1C[C@@](C)(F)C(O)O1.CCOC(=O)C(C)=C[C@H]1COC(C)(C)O1.CCOC(=O)C(C)C[C@H]1COC(C)(C)O1.C[C@@]1(F)CC(CO)OC1=O. The van der Waals surface area contributed by atoms with Gasteiger partial charge in [-0.3, -0.25) is 9.59 Å². The van der Waals surface area contributed by atoms with Gasteiger partial charge < -0.3 is 76.6 Å². The van der Waals surface area contributed by atoms with Gasteiger partial charge in [0.25, 0.3) is 0 Å². The number of hydrogen-bond acceptors (Lipinski definition) is 22. The van der Waals surface area contributed by atoms with Crippen LogP contribution in [0.15, 0.2) is 11.6 Å². The summed E-state index contributed by atoms with van der Waals surface area (Å²) >= 11 is 0. The van der Waals surface area contributed by atoms with Crippen molar-refractivity contribution < 1.29 is 123 Å². The van der Waals surface area contributed by atoms with Gasteiger partial charge in [-0.1, -0.05) is 41.5 Å². The first-order valence-corrected chi connectivity index (χ1v) is 30.5. The highest BCUT2D eigenvalue weighted by atomic mass is 19.2. The number of esters is 6. The Bertz CT molecular complexity index is 2130. The van der Waals surface area contributed by atoms with E-state index in [1.807, 2.05) is 76.2 Å². The number of aliphatic hydroxyl groups is 2. The maximum Gasteiger partial charge on any atom is 0.344 e. The summed E-state index contributed by atoms with van der Waals surface area (Å²) < 4.78 is 118. The van der Waals surface area contributed by atoms with Gasteiger partial charge in [0.2, 0.25) is 17.0 Å². The van der Waals surface area contributed by atoms with Crippen molar-refractivity contribution >= 4 is 42.1 Å². The van der Waals surface area contributed by atoms with Crippen molar-refractivity contribution in [3.05, 3.63) is 11.6 Å². The molecular weight excluding hydrogens is 1170 g/mol. The Morgan fingerprint density at radius 1 is 0.591 bits per heavy atom. The zero-order valence-electron chi connectivity index (χ0n) is 55.4. The van der Waals surface area contributed by atoms with Crippen LogP contribution < -0.4 is 0 Å². The lowest BCUT2D eigenvalue weighted by atomic mass is 10.0. The molecule has 0 spiro atoms. The third kappa shape index (κ3) is 29.3. The lowest BCUT2D eigenvalue weighted by Gasteiger charge is -2.18. The van der Waals surface area contributed by atoms with Gasteiger partial charge in [-0.15, -0.1) is 0 Å². The van der Waals surface area contributed by atoms with E-state index in [2.05, 4.69) is 4.74 Å². The van der Waals surface area contributed by atoms with Crippen molar-refractivity contribution in [1.82, 2.24) is 0 Å². The lowest BCUT2D eigenvalue weighted by Crippen LogP contribution is -2.28. The van der Waals surface area contributed by atoms with Crippen molar-refractivity contribution in [3.63, 3.8) is 0 Å². The number of carbonyl (C=O) groups excluding carboxylic acids is 7. The molecule has 0 aromatic carbocycles. The summed E-state index contributed by atoms with van der Waals surface area (Å²) in [5.41, 5.74) is -6.35. The van der Waals surface area contributed by atoms with Gasteiger partial charge >= 0.3 is 35.8 Å². The number of aldehydes is 1. The zero-order valence-corrected chi connectivity index (χ0v) is 55.4. The molecule has 0 amide bonds. The molecule has 0 aliphatic carbocycles. The van der Waals surface area contributed by atoms with E-state index in [0.717, 1.165) is 32.5 Å². The molecule has 0 radical (unpaired) electrons. The Balaban J connectivity index is 0.000000507. The second-order valence-electron chi connectivity index (χ2n) is 24.7. The molecule has 0 aromatic heterocycles. The molecule has 8 unspecified atom stereocenters. The molecule has 8 fully saturated rings. The number of halogens is 4. The molecule has 0 saturated carbocycles. The van der Waals surface area contributed by atoms with Crippen LogP contribution in [0.2, 0.25) is 0 Å². The highest BCUT2D eigenvalue weighted by Gasteiger charge is 2.48. The van der Waals surface area contributed by atoms with Gasteiger partial charge in [0.05, 0.1) is 63.7 Å². The van der Waals surface area contributed by atoms with Crippen LogP contribution in [0.25, 0.3) is 0 Å².